The molecule has 0 saturated carbocycles. The second-order valence-corrected chi connectivity index (χ2v) is 16.7. The van der Waals surface area contributed by atoms with Gasteiger partial charge < -0.3 is 4.42 Å². The lowest BCUT2D eigenvalue weighted by Crippen LogP contribution is -2.55. The predicted octanol–water partition coefficient (Wildman–Crippen LogP) is -7.38. The molecule has 0 aliphatic rings. The van der Waals surface area contributed by atoms with Crippen molar-refractivity contribution in [3.63, 3.8) is 0 Å². The fourth-order valence-corrected chi connectivity index (χ4v) is 9.34. The zero-order chi connectivity index (χ0) is 42.1. The molecule has 0 fully saturated rings. The zero-order valence-electron chi connectivity index (χ0n) is 36.6. The minimum atomic E-state index is 0.627. The topological polar surface area (TPSA) is 51.8 Å². The van der Waals surface area contributed by atoms with Crippen LogP contribution in [-0.2, 0) is 0 Å². The number of nitrogens with zero attached hydrogens (tertiary/aromatic N) is 3. The highest BCUT2D eigenvalue weighted by atomic mass is 16.3. The largest absolute Gasteiger partial charge is 0.457 e. The number of rotatable bonds is 6. The minimum absolute atomic E-state index is 0.627. The van der Waals surface area contributed by atoms with Gasteiger partial charge >= 0.3 is 0 Å². The van der Waals surface area contributed by atoms with Crippen LogP contribution in [0.4, 0.5) is 0 Å². The molecule has 0 saturated heterocycles. The van der Waals surface area contributed by atoms with Crippen molar-refractivity contribution >= 4 is 168 Å². The molecule has 0 bridgehead atoms. The van der Waals surface area contributed by atoms with Crippen molar-refractivity contribution in [1.82, 2.24) is 15.0 Å². The van der Waals surface area contributed by atoms with E-state index in [2.05, 4.69) is 171 Å². The molecule has 0 atom stereocenters. The van der Waals surface area contributed by atoms with Crippen molar-refractivity contribution in [3.8, 4) is 67.5 Å². The first-order valence-corrected chi connectivity index (χ1v) is 21.0. The Morgan fingerprint density at radius 1 is 0.267 bits per heavy atom. The standard InChI is InChI=1S/C45H40B11N3O/c46-30-25(27-31(47)35(51)38(54)36(52)32(27)48)26-28-33(49)37(53)39(55)40(56)42(28)60-41(26)34(50)29(30)45-58-43(23-9-5-2-6-10-23)57-44(59-45)24-17-15-22(16-18-24)21-13-11-20(12-14-21)19-7-3-1-4-8-19/h1-18H,46-56H2. The average Bonchev–Trinajstić information content (AvgIpc) is 3.69. The van der Waals surface area contributed by atoms with Gasteiger partial charge in [-0.05, 0) is 38.8 Å². The Kier molecular flexibility index (Phi) is 10.1. The number of aromatic nitrogens is 3. The summed E-state index contributed by atoms with van der Waals surface area (Å²) in [6.45, 7) is 0. The number of furan rings is 1. The highest BCUT2D eigenvalue weighted by Crippen LogP contribution is 2.35. The van der Waals surface area contributed by atoms with Crippen LogP contribution in [0.15, 0.2) is 114 Å². The SMILES string of the molecule is Bc1c(B)c(B)c(-c2c(B)c(-c3nc(-c4ccccc4)nc(-c4ccc(-c5ccc(-c6ccccc6)cc5)cc4)n3)c(B)c3oc4c(B)c(B)c(B)c(B)c4c23)c(B)c1B. The van der Waals surface area contributed by atoms with E-state index in [1.807, 2.05) is 24.3 Å². The van der Waals surface area contributed by atoms with E-state index in [0.717, 1.165) is 49.9 Å². The van der Waals surface area contributed by atoms with Gasteiger partial charge in [-0.25, -0.2) is 15.0 Å². The van der Waals surface area contributed by atoms with Crippen LogP contribution in [0.3, 0.4) is 0 Å². The number of fused-ring (bicyclic) bond motifs is 3. The van der Waals surface area contributed by atoms with E-state index >= 15 is 0 Å². The summed E-state index contributed by atoms with van der Waals surface area (Å²) in [5.74, 6) is 1.89. The fraction of sp³-hybridized carbons (Fsp3) is 0. The van der Waals surface area contributed by atoms with E-state index in [9.17, 15) is 0 Å². The van der Waals surface area contributed by atoms with Gasteiger partial charge in [-0.3, -0.25) is 0 Å². The Bertz CT molecular complexity index is 3170. The quantitative estimate of drug-likeness (QED) is 0.159. The average molecular weight is 758 g/mol. The minimum Gasteiger partial charge on any atom is -0.457 e. The Morgan fingerprint density at radius 3 is 1.15 bits per heavy atom. The van der Waals surface area contributed by atoms with Crippen LogP contribution in [0.5, 0.6) is 0 Å². The van der Waals surface area contributed by atoms with Crippen LogP contribution in [0, 0.1) is 0 Å². The van der Waals surface area contributed by atoms with Crippen LogP contribution >= 0.6 is 0 Å². The van der Waals surface area contributed by atoms with Gasteiger partial charge in [0.2, 0.25) is 0 Å². The normalized spacial score (nSPS) is 11.4. The maximum atomic E-state index is 7.12. The lowest BCUT2D eigenvalue weighted by Gasteiger charge is -2.25. The molecule has 0 aliphatic heterocycles. The highest BCUT2D eigenvalue weighted by molar-refractivity contribution is 6.71. The third kappa shape index (κ3) is 6.36. The van der Waals surface area contributed by atoms with Crippen molar-refractivity contribution < 1.29 is 4.42 Å². The summed E-state index contributed by atoms with van der Waals surface area (Å²) >= 11 is 0. The number of hydrogen-bond acceptors (Lipinski definition) is 4. The van der Waals surface area contributed by atoms with E-state index in [0.29, 0.717) is 17.5 Å². The molecule has 7 aromatic carbocycles. The lowest BCUT2D eigenvalue weighted by molar-refractivity contribution is 0.674. The maximum Gasteiger partial charge on any atom is 0.164 e. The molecule has 0 aliphatic carbocycles. The molecule has 0 radical (unpaired) electrons. The summed E-state index contributed by atoms with van der Waals surface area (Å²) in [5, 5.41) is 2.37. The second-order valence-electron chi connectivity index (χ2n) is 16.7. The Hall–Kier alpha value is -5.94. The van der Waals surface area contributed by atoms with Crippen molar-refractivity contribution in [1.29, 1.82) is 0 Å². The highest BCUT2D eigenvalue weighted by Gasteiger charge is 2.28. The molecule has 0 spiro atoms. The number of hydrogen-bond donors (Lipinski definition) is 0. The third-order valence-electron chi connectivity index (χ3n) is 13.6. The molecule has 2 heterocycles. The fourth-order valence-electron chi connectivity index (χ4n) is 9.34. The Balaban J connectivity index is 1.29. The first-order chi connectivity index (χ1) is 28.8. The summed E-state index contributed by atoms with van der Waals surface area (Å²) in [6.07, 6.45) is 0. The number of benzene rings is 7. The lowest BCUT2D eigenvalue weighted by atomic mass is 9.58. The summed E-state index contributed by atoms with van der Waals surface area (Å²) in [6, 6.07) is 38.1. The van der Waals surface area contributed by atoms with Gasteiger partial charge in [0.05, 0.1) is 0 Å². The first-order valence-electron chi connectivity index (χ1n) is 21.0. The van der Waals surface area contributed by atoms with Crippen molar-refractivity contribution in [2.45, 2.75) is 0 Å². The summed E-state index contributed by atoms with van der Waals surface area (Å²) < 4.78 is 7.12. The molecule has 9 rings (SSSR count). The molecular formula is C45H40B11N3O. The molecule has 9 aromatic rings. The molecule has 0 unspecified atom stereocenters. The molecule has 4 nitrogen and oxygen atoms in total. The molecule has 0 N–H and O–H groups in total. The predicted molar refractivity (Wildman–Crippen MR) is 290 cm³/mol. The first kappa shape index (κ1) is 39.5. The monoisotopic (exact) mass is 759 g/mol. The Morgan fingerprint density at radius 2 is 0.633 bits per heavy atom. The van der Waals surface area contributed by atoms with Gasteiger partial charge in [-0.15, -0.1) is 21.9 Å². The molecule has 0 amide bonds. The van der Waals surface area contributed by atoms with Gasteiger partial charge in [0, 0.05) is 27.5 Å². The van der Waals surface area contributed by atoms with Crippen molar-refractivity contribution in [3.05, 3.63) is 109 Å². The summed E-state index contributed by atoms with van der Waals surface area (Å²) in [7, 11) is 24.7. The van der Waals surface area contributed by atoms with Gasteiger partial charge in [-0.1, -0.05) is 142 Å². The Labute approximate surface area is 362 Å². The maximum absolute atomic E-state index is 7.12. The molecule has 274 valence electrons. The molecule has 15 heteroatoms. The van der Waals surface area contributed by atoms with Gasteiger partial charge in [0.1, 0.15) is 97.5 Å². The molecule has 60 heavy (non-hydrogen) atoms. The van der Waals surface area contributed by atoms with E-state index in [1.54, 1.807) is 0 Å². The summed E-state index contributed by atoms with van der Waals surface area (Å²) in [5.41, 5.74) is 25.6. The smallest absolute Gasteiger partial charge is 0.164 e. The van der Waals surface area contributed by atoms with Crippen molar-refractivity contribution in [2.24, 2.45) is 0 Å². The summed E-state index contributed by atoms with van der Waals surface area (Å²) in [4.78, 5) is 15.8. The van der Waals surface area contributed by atoms with E-state index < -0.39 is 0 Å². The second kappa shape index (κ2) is 15.3. The third-order valence-corrected chi connectivity index (χ3v) is 13.6. The van der Waals surface area contributed by atoms with Crippen LogP contribution in [0.25, 0.3) is 89.5 Å². The van der Waals surface area contributed by atoms with Crippen LogP contribution in [0.2, 0.25) is 0 Å². The van der Waals surface area contributed by atoms with Gasteiger partial charge in [0.15, 0.2) is 17.5 Å². The molecular weight excluding hydrogens is 717 g/mol. The van der Waals surface area contributed by atoms with E-state index in [1.165, 1.54) is 82.2 Å². The van der Waals surface area contributed by atoms with Gasteiger partial charge in [-0.2, -0.15) is 0 Å². The van der Waals surface area contributed by atoms with Crippen LogP contribution in [-0.4, -0.2) is 101 Å². The van der Waals surface area contributed by atoms with E-state index in [-0.39, 0.29) is 0 Å². The van der Waals surface area contributed by atoms with Crippen LogP contribution < -0.4 is 60.1 Å². The van der Waals surface area contributed by atoms with Crippen LogP contribution in [0.1, 0.15) is 0 Å². The zero-order valence-corrected chi connectivity index (χ0v) is 36.6. The molecule has 2 aromatic heterocycles. The van der Waals surface area contributed by atoms with Crippen molar-refractivity contribution in [2.75, 3.05) is 0 Å². The van der Waals surface area contributed by atoms with Gasteiger partial charge in [0.25, 0.3) is 0 Å². The van der Waals surface area contributed by atoms with E-state index in [4.69, 9.17) is 19.4 Å².